The SMILES string of the molecule is O=C(O)c1ccc(C(=O)NC2CCN(c3ccccc3Cl)C2=O)o1. The van der Waals surface area contributed by atoms with E-state index in [4.69, 9.17) is 21.1 Å². The van der Waals surface area contributed by atoms with Crippen molar-refractivity contribution in [3.63, 3.8) is 0 Å². The average molecular weight is 349 g/mol. The van der Waals surface area contributed by atoms with E-state index in [2.05, 4.69) is 5.32 Å². The highest BCUT2D eigenvalue weighted by molar-refractivity contribution is 6.34. The van der Waals surface area contributed by atoms with Crippen molar-refractivity contribution in [1.29, 1.82) is 0 Å². The van der Waals surface area contributed by atoms with Gasteiger partial charge in [0, 0.05) is 6.54 Å². The number of hydrogen-bond donors (Lipinski definition) is 2. The molecule has 1 atom stereocenters. The molecule has 1 aliphatic rings. The molecule has 2 N–H and O–H groups in total. The van der Waals surface area contributed by atoms with Crippen molar-refractivity contribution in [3.05, 3.63) is 52.9 Å². The van der Waals surface area contributed by atoms with Crippen LogP contribution in [0.3, 0.4) is 0 Å². The van der Waals surface area contributed by atoms with Crippen molar-refractivity contribution in [2.45, 2.75) is 12.5 Å². The van der Waals surface area contributed by atoms with Gasteiger partial charge in [0.15, 0.2) is 5.76 Å². The van der Waals surface area contributed by atoms with Crippen LogP contribution in [-0.2, 0) is 4.79 Å². The lowest BCUT2D eigenvalue weighted by atomic mass is 10.2. The Morgan fingerprint density at radius 2 is 1.92 bits per heavy atom. The molecule has 0 spiro atoms. The van der Waals surface area contributed by atoms with Gasteiger partial charge in [-0.05, 0) is 30.7 Å². The van der Waals surface area contributed by atoms with Crippen LogP contribution in [0.5, 0.6) is 0 Å². The molecule has 124 valence electrons. The molecule has 1 aliphatic heterocycles. The minimum absolute atomic E-state index is 0.156. The van der Waals surface area contributed by atoms with Gasteiger partial charge in [-0.25, -0.2) is 4.79 Å². The molecule has 7 nitrogen and oxygen atoms in total. The van der Waals surface area contributed by atoms with Gasteiger partial charge in [0.25, 0.3) is 5.91 Å². The smallest absolute Gasteiger partial charge is 0.371 e. The topological polar surface area (TPSA) is 99.8 Å². The van der Waals surface area contributed by atoms with Crippen molar-refractivity contribution < 1.29 is 23.9 Å². The predicted octanol–water partition coefficient (Wildman–Crippen LogP) is 2.17. The number of carbonyl (C=O) groups excluding carboxylic acids is 2. The largest absolute Gasteiger partial charge is 0.475 e. The Balaban J connectivity index is 1.70. The molecule has 1 fully saturated rings. The van der Waals surface area contributed by atoms with E-state index in [1.165, 1.54) is 17.0 Å². The van der Waals surface area contributed by atoms with Crippen molar-refractivity contribution in [2.75, 3.05) is 11.4 Å². The molecule has 0 bridgehead atoms. The zero-order chi connectivity index (χ0) is 17.3. The summed E-state index contributed by atoms with van der Waals surface area (Å²) in [5.41, 5.74) is 0.590. The minimum atomic E-state index is -1.27. The Hall–Kier alpha value is -2.80. The number of amides is 2. The van der Waals surface area contributed by atoms with Gasteiger partial charge in [-0.15, -0.1) is 0 Å². The molecular formula is C16H13ClN2O5. The Morgan fingerprint density at radius 1 is 1.21 bits per heavy atom. The molecule has 0 saturated carbocycles. The maximum Gasteiger partial charge on any atom is 0.371 e. The number of furan rings is 1. The zero-order valence-electron chi connectivity index (χ0n) is 12.4. The van der Waals surface area contributed by atoms with E-state index in [9.17, 15) is 14.4 Å². The third-order valence-corrected chi connectivity index (χ3v) is 4.01. The fourth-order valence-electron chi connectivity index (χ4n) is 2.53. The van der Waals surface area contributed by atoms with Gasteiger partial charge in [-0.2, -0.15) is 0 Å². The summed E-state index contributed by atoms with van der Waals surface area (Å²) in [4.78, 5) is 36.8. The third kappa shape index (κ3) is 2.98. The number of carboxylic acids is 1. The number of para-hydroxylation sites is 1. The molecule has 2 aromatic rings. The molecule has 1 aromatic carbocycles. The Bertz CT molecular complexity index is 816. The summed E-state index contributed by atoms with van der Waals surface area (Å²) in [6.07, 6.45) is 0.419. The highest BCUT2D eigenvalue weighted by atomic mass is 35.5. The maximum absolute atomic E-state index is 12.5. The Labute approximate surface area is 141 Å². The van der Waals surface area contributed by atoms with Gasteiger partial charge < -0.3 is 19.7 Å². The summed E-state index contributed by atoms with van der Waals surface area (Å²) in [6.45, 7) is 0.423. The zero-order valence-corrected chi connectivity index (χ0v) is 13.1. The van der Waals surface area contributed by atoms with Crippen LogP contribution in [0.15, 0.2) is 40.8 Å². The summed E-state index contributed by atoms with van der Waals surface area (Å²) < 4.78 is 4.93. The summed E-state index contributed by atoms with van der Waals surface area (Å²) in [6, 6.07) is 8.68. The van der Waals surface area contributed by atoms with Crippen LogP contribution in [0.1, 0.15) is 27.5 Å². The number of carbonyl (C=O) groups is 3. The monoisotopic (exact) mass is 348 g/mol. The van der Waals surface area contributed by atoms with Gasteiger partial charge in [-0.3, -0.25) is 9.59 Å². The van der Waals surface area contributed by atoms with Gasteiger partial charge in [0.1, 0.15) is 6.04 Å². The number of nitrogens with one attached hydrogen (secondary N) is 1. The van der Waals surface area contributed by atoms with E-state index in [1.807, 2.05) is 0 Å². The molecule has 1 saturated heterocycles. The summed E-state index contributed by atoms with van der Waals surface area (Å²) >= 11 is 6.10. The molecule has 1 aromatic heterocycles. The van der Waals surface area contributed by atoms with E-state index < -0.39 is 17.9 Å². The van der Waals surface area contributed by atoms with Gasteiger partial charge in [0.2, 0.25) is 11.7 Å². The molecule has 8 heteroatoms. The lowest BCUT2D eigenvalue weighted by Gasteiger charge is -2.18. The third-order valence-electron chi connectivity index (χ3n) is 3.69. The van der Waals surface area contributed by atoms with Crippen LogP contribution in [0.4, 0.5) is 5.69 Å². The van der Waals surface area contributed by atoms with Crippen LogP contribution in [0.2, 0.25) is 5.02 Å². The Morgan fingerprint density at radius 3 is 2.58 bits per heavy atom. The predicted molar refractivity (Wildman–Crippen MR) is 85.3 cm³/mol. The number of rotatable bonds is 4. The molecule has 0 aliphatic carbocycles. The van der Waals surface area contributed by atoms with Crippen LogP contribution in [0, 0.1) is 0 Å². The maximum atomic E-state index is 12.5. The lowest BCUT2D eigenvalue weighted by Crippen LogP contribution is -2.41. The number of benzene rings is 1. The fraction of sp³-hybridized carbons (Fsp3) is 0.188. The number of anilines is 1. The number of nitrogens with zero attached hydrogens (tertiary/aromatic N) is 1. The van der Waals surface area contributed by atoms with E-state index in [-0.39, 0.29) is 17.4 Å². The van der Waals surface area contributed by atoms with E-state index in [1.54, 1.807) is 24.3 Å². The normalized spacial score (nSPS) is 17.1. The second kappa shape index (κ2) is 6.37. The van der Waals surface area contributed by atoms with Crippen LogP contribution in [-0.4, -0.2) is 35.5 Å². The van der Waals surface area contributed by atoms with Gasteiger partial charge in [-0.1, -0.05) is 23.7 Å². The minimum Gasteiger partial charge on any atom is -0.475 e. The van der Waals surface area contributed by atoms with Crippen molar-refractivity contribution >= 4 is 35.1 Å². The molecule has 1 unspecified atom stereocenters. The first-order chi connectivity index (χ1) is 11.5. The Kier molecular flexibility index (Phi) is 4.26. The molecule has 2 amide bonds. The standard InChI is InChI=1S/C16H13ClN2O5/c17-9-3-1-2-4-11(9)19-8-7-10(15(19)21)18-14(20)12-5-6-13(24-12)16(22)23/h1-6,10H,7-8H2,(H,18,20)(H,22,23). The lowest BCUT2D eigenvalue weighted by molar-refractivity contribution is -0.118. The molecule has 0 radical (unpaired) electrons. The van der Waals surface area contributed by atoms with Crippen molar-refractivity contribution in [3.8, 4) is 0 Å². The highest BCUT2D eigenvalue weighted by Gasteiger charge is 2.35. The van der Waals surface area contributed by atoms with Gasteiger partial charge in [0.05, 0.1) is 10.7 Å². The molecule has 24 heavy (non-hydrogen) atoms. The fourth-order valence-corrected chi connectivity index (χ4v) is 2.77. The van der Waals surface area contributed by atoms with Gasteiger partial charge >= 0.3 is 5.97 Å². The van der Waals surface area contributed by atoms with E-state index in [0.29, 0.717) is 23.7 Å². The number of aromatic carboxylic acids is 1. The average Bonchev–Trinajstić information content (AvgIpc) is 3.17. The summed E-state index contributed by atoms with van der Waals surface area (Å²) in [7, 11) is 0. The van der Waals surface area contributed by atoms with Crippen molar-refractivity contribution in [2.24, 2.45) is 0 Å². The second-order valence-corrected chi connectivity index (χ2v) is 5.63. The van der Waals surface area contributed by atoms with E-state index in [0.717, 1.165) is 0 Å². The first-order valence-electron chi connectivity index (χ1n) is 7.17. The molecule has 2 heterocycles. The summed E-state index contributed by atoms with van der Waals surface area (Å²) in [5.74, 6) is -2.67. The second-order valence-electron chi connectivity index (χ2n) is 5.23. The molecular weight excluding hydrogens is 336 g/mol. The highest BCUT2D eigenvalue weighted by Crippen LogP contribution is 2.29. The van der Waals surface area contributed by atoms with Crippen LogP contribution in [0.25, 0.3) is 0 Å². The van der Waals surface area contributed by atoms with Crippen LogP contribution >= 0.6 is 11.6 Å². The molecule has 3 rings (SSSR count). The first kappa shape index (κ1) is 16.1. The number of hydrogen-bond acceptors (Lipinski definition) is 4. The van der Waals surface area contributed by atoms with Crippen molar-refractivity contribution in [1.82, 2.24) is 5.32 Å². The van der Waals surface area contributed by atoms with E-state index >= 15 is 0 Å². The first-order valence-corrected chi connectivity index (χ1v) is 7.55. The number of carboxylic acid groups (broad SMARTS) is 1. The van der Waals surface area contributed by atoms with Crippen LogP contribution < -0.4 is 10.2 Å². The number of halogens is 1. The summed E-state index contributed by atoms with van der Waals surface area (Å²) in [5, 5.41) is 11.8. The quantitative estimate of drug-likeness (QED) is 0.882.